The first kappa shape index (κ1) is 18.9. The van der Waals surface area contributed by atoms with E-state index >= 15 is 0 Å². The monoisotopic (exact) mass is 382 g/mol. The quantitative estimate of drug-likeness (QED) is 0.575. The van der Waals surface area contributed by atoms with E-state index in [1.165, 1.54) is 16.7 Å². The molecule has 0 aliphatic rings. The van der Waals surface area contributed by atoms with Crippen molar-refractivity contribution in [3.63, 3.8) is 0 Å². The second kappa shape index (κ2) is 7.40. The molecule has 0 bridgehead atoms. The van der Waals surface area contributed by atoms with Gasteiger partial charge in [0.15, 0.2) is 5.65 Å². The van der Waals surface area contributed by atoms with Crippen LogP contribution in [-0.4, -0.2) is 24.1 Å². The summed E-state index contributed by atoms with van der Waals surface area (Å²) in [5.74, 6) is 0. The third-order valence-electron chi connectivity index (χ3n) is 4.96. The number of anilines is 1. The smallest absolute Gasteiger partial charge is 0.160 e. The fraction of sp³-hybridized carbons (Fsp3) is 0.250. The Labute approximate surface area is 164 Å². The highest BCUT2D eigenvalue weighted by Gasteiger charge is 2.13. The molecule has 0 saturated carbocycles. The molecule has 1 N–H and O–H groups in total. The van der Waals surface area contributed by atoms with Crippen molar-refractivity contribution in [3.05, 3.63) is 71.2 Å². The van der Waals surface area contributed by atoms with E-state index in [0.29, 0.717) is 0 Å². The predicted molar refractivity (Wildman–Crippen MR) is 110 cm³/mol. The van der Waals surface area contributed by atoms with Gasteiger partial charge in [0.2, 0.25) is 0 Å². The summed E-state index contributed by atoms with van der Waals surface area (Å²) < 4.78 is 3.87. The number of halogens is 1. The number of pyridine rings is 1. The third kappa shape index (κ3) is 3.40. The molecule has 27 heavy (non-hydrogen) atoms. The number of aryl methyl sites for hydroxylation is 4. The van der Waals surface area contributed by atoms with E-state index in [4.69, 9.17) is 4.98 Å². The van der Waals surface area contributed by atoms with Crippen molar-refractivity contribution < 1.29 is 0 Å². The average Bonchev–Trinajstić information content (AvgIpc) is 3.24. The molecule has 1 aromatic carbocycles. The first-order chi connectivity index (χ1) is 12.5. The van der Waals surface area contributed by atoms with Gasteiger partial charge in [-0.15, -0.1) is 12.4 Å². The van der Waals surface area contributed by atoms with Crippen LogP contribution < -0.4 is 5.32 Å². The topological polar surface area (TPSA) is 60.0 Å². The Balaban J connectivity index is 0.00000210. The summed E-state index contributed by atoms with van der Waals surface area (Å²) in [5.41, 5.74) is 8.89. The average molecular weight is 383 g/mol. The van der Waals surface area contributed by atoms with Crippen LogP contribution in [0.3, 0.4) is 0 Å². The molecule has 0 fully saturated rings. The van der Waals surface area contributed by atoms with Gasteiger partial charge in [-0.1, -0.05) is 18.2 Å². The van der Waals surface area contributed by atoms with Crippen molar-refractivity contribution in [1.29, 1.82) is 0 Å². The molecule has 4 aromatic rings. The van der Waals surface area contributed by atoms with Crippen molar-refractivity contribution in [1.82, 2.24) is 24.1 Å². The Morgan fingerprint density at radius 3 is 2.48 bits per heavy atom. The summed E-state index contributed by atoms with van der Waals surface area (Å²) >= 11 is 0. The van der Waals surface area contributed by atoms with Crippen molar-refractivity contribution in [3.8, 4) is 5.69 Å². The summed E-state index contributed by atoms with van der Waals surface area (Å²) in [5, 5.41) is 7.85. The van der Waals surface area contributed by atoms with Gasteiger partial charge in [0.1, 0.15) is 12.7 Å². The molecule has 6 nitrogen and oxygen atoms in total. The Kier molecular flexibility index (Phi) is 5.19. The first-order valence-corrected chi connectivity index (χ1v) is 8.68. The van der Waals surface area contributed by atoms with Gasteiger partial charge in [0.25, 0.3) is 0 Å². The Hall–Kier alpha value is -2.86. The number of nitrogens with one attached hydrogen (secondary N) is 1. The molecule has 0 radical (unpaired) electrons. The SMILES string of the molecule is Cc1cccc(C)c1CNc1cc(-n2cncn2)cn2c(C)c(C)nc12.Cl. The minimum absolute atomic E-state index is 0. The highest BCUT2D eigenvalue weighted by atomic mass is 35.5. The fourth-order valence-electron chi connectivity index (χ4n) is 3.27. The summed E-state index contributed by atoms with van der Waals surface area (Å²) in [6, 6.07) is 8.47. The normalized spacial score (nSPS) is 10.8. The van der Waals surface area contributed by atoms with Crippen LogP contribution in [0, 0.1) is 27.7 Å². The van der Waals surface area contributed by atoms with E-state index < -0.39 is 0 Å². The number of rotatable bonds is 4. The summed E-state index contributed by atoms with van der Waals surface area (Å²) in [6.07, 6.45) is 5.29. The second-order valence-electron chi connectivity index (χ2n) is 6.65. The molecule has 0 amide bonds. The molecular weight excluding hydrogens is 360 g/mol. The molecular formula is C20H23ClN6. The largest absolute Gasteiger partial charge is 0.378 e. The Morgan fingerprint density at radius 2 is 1.81 bits per heavy atom. The van der Waals surface area contributed by atoms with Crippen molar-refractivity contribution in [2.45, 2.75) is 34.2 Å². The number of benzene rings is 1. The van der Waals surface area contributed by atoms with Gasteiger partial charge in [-0.2, -0.15) is 5.10 Å². The molecule has 3 heterocycles. The van der Waals surface area contributed by atoms with Crippen LogP contribution >= 0.6 is 12.4 Å². The van der Waals surface area contributed by atoms with Crippen molar-refractivity contribution >= 4 is 23.7 Å². The summed E-state index contributed by atoms with van der Waals surface area (Å²) in [7, 11) is 0. The lowest BCUT2D eigenvalue weighted by Crippen LogP contribution is -2.07. The van der Waals surface area contributed by atoms with Crippen molar-refractivity contribution in [2.24, 2.45) is 0 Å². The summed E-state index contributed by atoms with van der Waals surface area (Å²) in [6.45, 7) is 9.16. The van der Waals surface area contributed by atoms with Gasteiger partial charge in [0, 0.05) is 18.4 Å². The number of fused-ring (bicyclic) bond motifs is 1. The maximum atomic E-state index is 4.75. The molecule has 0 aliphatic heterocycles. The van der Waals surface area contributed by atoms with Gasteiger partial charge in [-0.3, -0.25) is 0 Å². The van der Waals surface area contributed by atoms with E-state index in [2.05, 4.69) is 64.8 Å². The first-order valence-electron chi connectivity index (χ1n) is 8.68. The Morgan fingerprint density at radius 1 is 1.07 bits per heavy atom. The molecule has 0 saturated heterocycles. The van der Waals surface area contributed by atoms with Crippen molar-refractivity contribution in [2.75, 3.05) is 5.32 Å². The third-order valence-corrected chi connectivity index (χ3v) is 4.96. The second-order valence-corrected chi connectivity index (χ2v) is 6.65. The van der Waals surface area contributed by atoms with E-state index in [9.17, 15) is 0 Å². The summed E-state index contributed by atoms with van der Waals surface area (Å²) in [4.78, 5) is 8.81. The van der Waals surface area contributed by atoms with E-state index in [1.807, 2.05) is 13.1 Å². The van der Waals surface area contributed by atoms with Gasteiger partial charge >= 0.3 is 0 Å². The highest BCUT2D eigenvalue weighted by Crippen LogP contribution is 2.25. The highest BCUT2D eigenvalue weighted by molar-refractivity contribution is 5.85. The zero-order valence-corrected chi connectivity index (χ0v) is 16.7. The maximum Gasteiger partial charge on any atom is 0.160 e. The minimum atomic E-state index is 0. The maximum absolute atomic E-state index is 4.75. The lowest BCUT2D eigenvalue weighted by molar-refractivity contribution is 0.866. The molecule has 4 rings (SSSR count). The van der Waals surface area contributed by atoms with Crippen LogP contribution in [0.15, 0.2) is 43.1 Å². The number of nitrogens with zero attached hydrogens (tertiary/aromatic N) is 5. The number of hydrogen-bond acceptors (Lipinski definition) is 4. The van der Waals surface area contributed by atoms with Crippen LogP contribution in [0.25, 0.3) is 11.3 Å². The van der Waals surface area contributed by atoms with Gasteiger partial charge in [-0.25, -0.2) is 14.6 Å². The van der Waals surface area contributed by atoms with Gasteiger partial charge in [-0.05, 0) is 50.5 Å². The zero-order chi connectivity index (χ0) is 18.3. The standard InChI is InChI=1S/C20H22N6.ClH/c1-13-6-5-7-14(2)18(13)9-22-19-8-17(26-12-21-11-23-26)10-25-16(4)15(3)24-20(19)25;/h5-8,10-12,22H,9H2,1-4H3;1H. The zero-order valence-electron chi connectivity index (χ0n) is 15.9. The lowest BCUT2D eigenvalue weighted by atomic mass is 10.0. The number of aromatic nitrogens is 5. The fourth-order valence-corrected chi connectivity index (χ4v) is 3.27. The van der Waals surface area contributed by atoms with Gasteiger partial charge < -0.3 is 9.72 Å². The van der Waals surface area contributed by atoms with E-state index in [1.54, 1.807) is 17.3 Å². The van der Waals surface area contributed by atoms with Crippen LogP contribution in [0.2, 0.25) is 0 Å². The molecule has 0 aliphatic carbocycles. The van der Waals surface area contributed by atoms with E-state index in [-0.39, 0.29) is 12.4 Å². The molecule has 0 spiro atoms. The predicted octanol–water partition coefficient (Wildman–Crippen LogP) is 4.18. The lowest BCUT2D eigenvalue weighted by Gasteiger charge is -2.14. The van der Waals surface area contributed by atoms with Crippen LogP contribution in [0.5, 0.6) is 0 Å². The molecule has 140 valence electrons. The molecule has 0 unspecified atom stereocenters. The number of imidazole rings is 1. The Bertz CT molecular complexity index is 1060. The van der Waals surface area contributed by atoms with Crippen LogP contribution in [-0.2, 0) is 6.54 Å². The number of hydrogen-bond donors (Lipinski definition) is 1. The van der Waals surface area contributed by atoms with E-state index in [0.717, 1.165) is 35.0 Å². The van der Waals surface area contributed by atoms with Crippen LogP contribution in [0.1, 0.15) is 28.1 Å². The van der Waals surface area contributed by atoms with Gasteiger partial charge in [0.05, 0.1) is 17.1 Å². The molecule has 7 heteroatoms. The molecule has 3 aromatic heterocycles. The minimum Gasteiger partial charge on any atom is -0.378 e. The van der Waals surface area contributed by atoms with Crippen LogP contribution in [0.4, 0.5) is 5.69 Å². The molecule has 0 atom stereocenters.